The van der Waals surface area contributed by atoms with E-state index in [9.17, 15) is 4.79 Å². The molecule has 0 bridgehead atoms. The molecule has 5 heteroatoms. The van der Waals surface area contributed by atoms with Crippen molar-refractivity contribution in [3.8, 4) is 11.3 Å². The van der Waals surface area contributed by atoms with E-state index in [1.807, 2.05) is 38.3 Å². The quantitative estimate of drug-likeness (QED) is 0.889. The minimum Gasteiger partial charge on any atom is -0.375 e. The summed E-state index contributed by atoms with van der Waals surface area (Å²) in [7, 11) is 0. The van der Waals surface area contributed by atoms with Crippen molar-refractivity contribution in [2.75, 3.05) is 5.73 Å². The minimum absolute atomic E-state index is 0.00898. The average molecular weight is 249 g/mol. The number of pyridine rings is 1. The third kappa shape index (κ3) is 2.10. The van der Waals surface area contributed by atoms with Crippen molar-refractivity contribution in [3.63, 3.8) is 0 Å². The van der Waals surface area contributed by atoms with Crippen LogP contribution in [0, 0.1) is 6.92 Å². The first-order chi connectivity index (χ1) is 8.00. The highest BCUT2D eigenvalue weighted by molar-refractivity contribution is 7.13. The Labute approximate surface area is 104 Å². The number of nitrogen functional groups attached to an aromatic ring is 1. The zero-order valence-electron chi connectivity index (χ0n) is 10.1. The van der Waals surface area contributed by atoms with Crippen LogP contribution in [-0.2, 0) is 0 Å². The molecule has 17 heavy (non-hydrogen) atoms. The molecular weight excluding hydrogens is 234 g/mol. The summed E-state index contributed by atoms with van der Waals surface area (Å²) >= 11 is 1.34. The number of thiazole rings is 1. The van der Waals surface area contributed by atoms with Gasteiger partial charge in [0.15, 0.2) is 5.13 Å². The van der Waals surface area contributed by atoms with Crippen LogP contribution >= 0.6 is 11.3 Å². The van der Waals surface area contributed by atoms with Crippen LogP contribution < -0.4 is 11.3 Å². The maximum Gasteiger partial charge on any atom is 0.260 e. The second-order valence-electron chi connectivity index (χ2n) is 4.23. The van der Waals surface area contributed by atoms with Crippen LogP contribution in [0.3, 0.4) is 0 Å². The molecule has 0 amide bonds. The molecule has 0 fully saturated rings. The van der Waals surface area contributed by atoms with Crippen LogP contribution in [0.25, 0.3) is 11.3 Å². The Bertz CT molecular complexity index is 598. The Kier molecular flexibility index (Phi) is 3.02. The number of nitrogens with zero attached hydrogens (tertiary/aromatic N) is 2. The number of nitrogens with two attached hydrogens (primary N) is 1. The molecule has 0 radical (unpaired) electrons. The van der Waals surface area contributed by atoms with E-state index in [1.165, 1.54) is 11.3 Å². The SMILES string of the molecule is Cc1ccc(-c2csc(N)n2)c(=O)n1C(C)C. The zero-order valence-corrected chi connectivity index (χ0v) is 10.9. The predicted octanol–water partition coefficient (Wildman–Crippen LogP) is 2.44. The number of aryl methyl sites for hydroxylation is 1. The van der Waals surface area contributed by atoms with Crippen molar-refractivity contribution in [1.82, 2.24) is 9.55 Å². The van der Waals surface area contributed by atoms with Gasteiger partial charge in [-0.25, -0.2) is 4.98 Å². The molecule has 0 aliphatic rings. The summed E-state index contributed by atoms with van der Waals surface area (Å²) in [5.41, 5.74) is 7.81. The van der Waals surface area contributed by atoms with E-state index >= 15 is 0 Å². The molecule has 0 unspecified atom stereocenters. The summed E-state index contributed by atoms with van der Waals surface area (Å²) in [6.45, 7) is 5.92. The van der Waals surface area contributed by atoms with E-state index in [1.54, 1.807) is 4.57 Å². The summed E-state index contributed by atoms with van der Waals surface area (Å²) in [5, 5.41) is 2.29. The topological polar surface area (TPSA) is 60.9 Å². The molecule has 2 aromatic heterocycles. The van der Waals surface area contributed by atoms with Crippen LogP contribution in [-0.4, -0.2) is 9.55 Å². The summed E-state index contributed by atoms with van der Waals surface area (Å²) in [6.07, 6.45) is 0. The standard InChI is InChI=1S/C12H15N3OS/c1-7(2)15-8(3)4-5-9(11(15)16)10-6-17-12(13)14-10/h4-7H,1-3H3,(H2,13,14). The van der Waals surface area contributed by atoms with Crippen LogP contribution in [0.1, 0.15) is 25.6 Å². The molecule has 0 aromatic carbocycles. The Balaban J connectivity index is 2.65. The van der Waals surface area contributed by atoms with Gasteiger partial charge in [-0.2, -0.15) is 0 Å². The molecule has 4 nitrogen and oxygen atoms in total. The Morgan fingerprint density at radius 2 is 2.12 bits per heavy atom. The van der Waals surface area contributed by atoms with Crippen molar-refractivity contribution in [1.29, 1.82) is 0 Å². The average Bonchev–Trinajstić information content (AvgIpc) is 2.64. The second-order valence-corrected chi connectivity index (χ2v) is 5.12. The van der Waals surface area contributed by atoms with Gasteiger partial charge < -0.3 is 10.3 Å². The number of hydrogen-bond acceptors (Lipinski definition) is 4. The minimum atomic E-state index is -0.00898. The van der Waals surface area contributed by atoms with Crippen LogP contribution in [0.15, 0.2) is 22.3 Å². The van der Waals surface area contributed by atoms with E-state index in [2.05, 4.69) is 4.98 Å². The lowest BCUT2D eigenvalue weighted by molar-refractivity contribution is 0.564. The lowest BCUT2D eigenvalue weighted by atomic mass is 10.2. The van der Waals surface area contributed by atoms with Gasteiger partial charge >= 0.3 is 0 Å². The molecule has 0 atom stereocenters. The van der Waals surface area contributed by atoms with E-state index in [-0.39, 0.29) is 11.6 Å². The number of hydrogen-bond donors (Lipinski definition) is 1. The fourth-order valence-electron chi connectivity index (χ4n) is 1.89. The van der Waals surface area contributed by atoms with Gasteiger partial charge in [0, 0.05) is 17.1 Å². The zero-order chi connectivity index (χ0) is 12.6. The molecule has 90 valence electrons. The normalized spacial score (nSPS) is 11.1. The molecule has 0 aliphatic carbocycles. The molecular formula is C12H15N3OS. The fourth-order valence-corrected chi connectivity index (χ4v) is 2.46. The van der Waals surface area contributed by atoms with E-state index < -0.39 is 0 Å². The highest BCUT2D eigenvalue weighted by Crippen LogP contribution is 2.21. The first-order valence-electron chi connectivity index (χ1n) is 5.44. The van der Waals surface area contributed by atoms with Crippen LogP contribution in [0.4, 0.5) is 5.13 Å². The van der Waals surface area contributed by atoms with Gasteiger partial charge in [-0.1, -0.05) is 0 Å². The first kappa shape index (κ1) is 11.9. The third-order valence-corrected chi connectivity index (χ3v) is 3.31. The predicted molar refractivity (Wildman–Crippen MR) is 71.3 cm³/mol. The number of rotatable bonds is 2. The Morgan fingerprint density at radius 3 is 2.65 bits per heavy atom. The molecule has 0 spiro atoms. The Morgan fingerprint density at radius 1 is 1.41 bits per heavy atom. The van der Waals surface area contributed by atoms with Gasteiger partial charge in [0.2, 0.25) is 0 Å². The molecule has 2 N–H and O–H groups in total. The summed E-state index contributed by atoms with van der Waals surface area (Å²) in [5.74, 6) is 0. The highest BCUT2D eigenvalue weighted by atomic mass is 32.1. The van der Waals surface area contributed by atoms with Gasteiger partial charge in [-0.3, -0.25) is 4.79 Å². The molecule has 0 saturated carbocycles. The number of anilines is 1. The lowest BCUT2D eigenvalue weighted by Gasteiger charge is -2.14. The van der Waals surface area contributed by atoms with E-state index in [4.69, 9.17) is 5.73 Å². The number of aromatic nitrogens is 2. The molecule has 2 aromatic rings. The van der Waals surface area contributed by atoms with Crippen molar-refractivity contribution in [2.45, 2.75) is 26.8 Å². The van der Waals surface area contributed by atoms with Crippen molar-refractivity contribution >= 4 is 16.5 Å². The van der Waals surface area contributed by atoms with Crippen molar-refractivity contribution < 1.29 is 0 Å². The largest absolute Gasteiger partial charge is 0.375 e. The fraction of sp³-hybridized carbons (Fsp3) is 0.333. The van der Waals surface area contributed by atoms with Gasteiger partial charge in [-0.05, 0) is 32.9 Å². The van der Waals surface area contributed by atoms with Gasteiger partial charge in [0.05, 0.1) is 11.3 Å². The summed E-state index contributed by atoms with van der Waals surface area (Å²) < 4.78 is 1.77. The maximum atomic E-state index is 12.3. The van der Waals surface area contributed by atoms with E-state index in [0.717, 1.165) is 5.69 Å². The molecule has 0 saturated heterocycles. The van der Waals surface area contributed by atoms with Crippen LogP contribution in [0.2, 0.25) is 0 Å². The monoisotopic (exact) mass is 249 g/mol. The summed E-state index contributed by atoms with van der Waals surface area (Å²) in [4.78, 5) is 16.5. The highest BCUT2D eigenvalue weighted by Gasteiger charge is 2.12. The summed E-state index contributed by atoms with van der Waals surface area (Å²) in [6, 6.07) is 3.88. The van der Waals surface area contributed by atoms with Gasteiger partial charge in [-0.15, -0.1) is 11.3 Å². The third-order valence-electron chi connectivity index (χ3n) is 2.63. The van der Waals surface area contributed by atoms with Crippen molar-refractivity contribution in [3.05, 3.63) is 33.6 Å². The van der Waals surface area contributed by atoms with E-state index in [0.29, 0.717) is 16.4 Å². The second kappa shape index (κ2) is 4.33. The molecule has 2 rings (SSSR count). The first-order valence-corrected chi connectivity index (χ1v) is 6.32. The van der Waals surface area contributed by atoms with Crippen molar-refractivity contribution in [2.24, 2.45) is 0 Å². The molecule has 2 heterocycles. The smallest absolute Gasteiger partial charge is 0.260 e. The van der Waals surface area contributed by atoms with Crippen LogP contribution in [0.5, 0.6) is 0 Å². The molecule has 0 aliphatic heterocycles. The maximum absolute atomic E-state index is 12.3. The van der Waals surface area contributed by atoms with Gasteiger partial charge in [0.1, 0.15) is 0 Å². The lowest BCUT2D eigenvalue weighted by Crippen LogP contribution is -2.25. The van der Waals surface area contributed by atoms with Gasteiger partial charge in [0.25, 0.3) is 5.56 Å². The Hall–Kier alpha value is -1.62.